The van der Waals surface area contributed by atoms with Crippen LogP contribution >= 0.6 is 0 Å². The summed E-state index contributed by atoms with van der Waals surface area (Å²) in [6.07, 6.45) is -2.73. The SMILES string of the molecule is NC(=O)CC[C@H](NC(=O)/C=C/c1cc(N)ccc1N)C(=O)O.O=C(O)C(F)(F)F. The largest absolute Gasteiger partial charge is 0.490 e. The summed E-state index contributed by atoms with van der Waals surface area (Å²) in [4.78, 5) is 42.3. The van der Waals surface area contributed by atoms with Crippen molar-refractivity contribution in [2.45, 2.75) is 25.1 Å². The molecule has 0 saturated heterocycles. The lowest BCUT2D eigenvalue weighted by Gasteiger charge is -2.12. The van der Waals surface area contributed by atoms with Crippen LogP contribution < -0.4 is 22.5 Å². The maximum absolute atomic E-state index is 11.7. The van der Waals surface area contributed by atoms with E-state index in [1.54, 1.807) is 18.2 Å². The number of rotatable bonds is 7. The number of nitrogen functional groups attached to an aromatic ring is 2. The highest BCUT2D eigenvalue weighted by atomic mass is 19.4. The number of carbonyl (C=O) groups is 4. The minimum absolute atomic E-state index is 0.0787. The quantitative estimate of drug-likeness (QED) is 0.268. The van der Waals surface area contributed by atoms with Crippen molar-refractivity contribution in [1.82, 2.24) is 5.32 Å². The Morgan fingerprint density at radius 2 is 1.69 bits per heavy atom. The topological polar surface area (TPSA) is 199 Å². The minimum Gasteiger partial charge on any atom is -0.480 e. The zero-order valence-electron chi connectivity index (χ0n) is 14.8. The van der Waals surface area contributed by atoms with Crippen molar-refractivity contribution >= 4 is 41.2 Å². The maximum Gasteiger partial charge on any atom is 0.490 e. The zero-order chi connectivity index (χ0) is 22.8. The number of halogens is 3. The molecule has 1 aromatic carbocycles. The van der Waals surface area contributed by atoms with Crippen LogP contribution in [0.15, 0.2) is 24.3 Å². The van der Waals surface area contributed by atoms with Crippen LogP contribution in [0.3, 0.4) is 0 Å². The van der Waals surface area contributed by atoms with Crippen LogP contribution in [0.1, 0.15) is 18.4 Å². The number of amides is 2. The predicted molar refractivity (Wildman–Crippen MR) is 96.0 cm³/mol. The molecule has 10 nitrogen and oxygen atoms in total. The summed E-state index contributed by atoms with van der Waals surface area (Å²) < 4.78 is 31.7. The van der Waals surface area contributed by atoms with E-state index in [-0.39, 0.29) is 12.8 Å². The Kier molecular flexibility index (Phi) is 9.71. The molecule has 13 heteroatoms. The van der Waals surface area contributed by atoms with Gasteiger partial charge >= 0.3 is 18.1 Å². The van der Waals surface area contributed by atoms with Crippen molar-refractivity contribution in [2.75, 3.05) is 11.5 Å². The average molecular weight is 420 g/mol. The van der Waals surface area contributed by atoms with Crippen molar-refractivity contribution in [1.29, 1.82) is 0 Å². The van der Waals surface area contributed by atoms with E-state index in [2.05, 4.69) is 5.32 Å². The molecular weight excluding hydrogens is 401 g/mol. The number of alkyl halides is 3. The third-order valence-electron chi connectivity index (χ3n) is 3.06. The summed E-state index contributed by atoms with van der Waals surface area (Å²) in [5, 5.41) is 18.4. The van der Waals surface area contributed by atoms with Crippen LogP contribution in [0.2, 0.25) is 0 Å². The molecule has 1 aromatic rings. The third-order valence-corrected chi connectivity index (χ3v) is 3.06. The molecule has 1 atom stereocenters. The Labute approximate surface area is 162 Å². The molecule has 0 aliphatic heterocycles. The van der Waals surface area contributed by atoms with E-state index >= 15 is 0 Å². The fraction of sp³-hybridized carbons (Fsp3) is 0.250. The van der Waals surface area contributed by atoms with Crippen molar-refractivity contribution < 1.29 is 42.6 Å². The number of primary amides is 1. The number of nitrogens with two attached hydrogens (primary N) is 3. The first-order chi connectivity index (χ1) is 13.2. The Hall–Kier alpha value is -3.77. The number of carboxylic acids is 2. The van der Waals surface area contributed by atoms with E-state index in [4.69, 9.17) is 32.2 Å². The monoisotopic (exact) mass is 420 g/mol. The molecule has 0 fully saturated rings. The fourth-order valence-electron chi connectivity index (χ4n) is 1.67. The molecule has 0 aromatic heterocycles. The molecular formula is C16H19F3N4O6. The van der Waals surface area contributed by atoms with Crippen LogP contribution in [0, 0.1) is 0 Å². The van der Waals surface area contributed by atoms with E-state index in [1.807, 2.05) is 0 Å². The lowest BCUT2D eigenvalue weighted by molar-refractivity contribution is -0.192. The van der Waals surface area contributed by atoms with E-state index in [0.717, 1.165) is 6.08 Å². The lowest BCUT2D eigenvalue weighted by Crippen LogP contribution is -2.40. The van der Waals surface area contributed by atoms with Gasteiger partial charge in [0.2, 0.25) is 11.8 Å². The highest BCUT2D eigenvalue weighted by Gasteiger charge is 2.38. The molecule has 9 N–H and O–H groups in total. The van der Waals surface area contributed by atoms with E-state index in [1.165, 1.54) is 6.08 Å². The molecule has 0 saturated carbocycles. The second-order valence-electron chi connectivity index (χ2n) is 5.43. The normalized spacial score (nSPS) is 11.8. The van der Waals surface area contributed by atoms with Gasteiger partial charge < -0.3 is 32.7 Å². The van der Waals surface area contributed by atoms with Gasteiger partial charge in [0.15, 0.2) is 0 Å². The van der Waals surface area contributed by atoms with Crippen LogP contribution in [-0.4, -0.2) is 46.2 Å². The van der Waals surface area contributed by atoms with Gasteiger partial charge in [0.05, 0.1) is 0 Å². The molecule has 0 unspecified atom stereocenters. The molecule has 0 heterocycles. The standard InChI is InChI=1S/C14H18N4O4.C2HF3O2/c15-9-2-3-10(16)8(7-9)1-6-13(20)18-11(14(21)22)4-5-12(17)19;3-2(4,5)1(6)7/h1-3,6-7,11H,4-5,15-16H2,(H2,17,19)(H,18,20)(H,21,22);(H,6,7)/b6-1+;/t11-;/m0./s1. The van der Waals surface area contributed by atoms with Crippen LogP contribution in [0.25, 0.3) is 6.08 Å². The van der Waals surface area contributed by atoms with Crippen LogP contribution in [0.5, 0.6) is 0 Å². The zero-order valence-corrected chi connectivity index (χ0v) is 14.8. The number of carbonyl (C=O) groups excluding carboxylic acids is 2. The first-order valence-electron chi connectivity index (χ1n) is 7.68. The highest BCUT2D eigenvalue weighted by molar-refractivity contribution is 5.95. The van der Waals surface area contributed by atoms with Crippen molar-refractivity contribution in [3.05, 3.63) is 29.8 Å². The molecule has 0 radical (unpaired) electrons. The first kappa shape index (κ1) is 25.2. The predicted octanol–water partition coefficient (Wildman–Crippen LogP) is 0.332. The Morgan fingerprint density at radius 1 is 1.14 bits per heavy atom. The molecule has 2 amide bonds. The second kappa shape index (κ2) is 11.2. The molecule has 29 heavy (non-hydrogen) atoms. The Balaban J connectivity index is 0.000000956. The molecule has 0 aliphatic carbocycles. The number of aliphatic carboxylic acids is 2. The van der Waals surface area contributed by atoms with Crippen molar-refractivity contribution in [2.24, 2.45) is 5.73 Å². The summed E-state index contributed by atoms with van der Waals surface area (Å²) >= 11 is 0. The van der Waals surface area contributed by atoms with Crippen molar-refractivity contribution in [3.8, 4) is 0 Å². The number of carboxylic acid groups (broad SMARTS) is 2. The van der Waals surface area contributed by atoms with Gasteiger partial charge in [-0.25, -0.2) is 9.59 Å². The average Bonchev–Trinajstić information content (AvgIpc) is 2.58. The van der Waals surface area contributed by atoms with Gasteiger partial charge in [0, 0.05) is 23.9 Å². The van der Waals surface area contributed by atoms with Crippen LogP contribution in [-0.2, 0) is 19.2 Å². The number of hydrogen-bond acceptors (Lipinski definition) is 6. The summed E-state index contributed by atoms with van der Waals surface area (Å²) in [5.41, 5.74) is 17.7. The van der Waals surface area contributed by atoms with Crippen molar-refractivity contribution in [3.63, 3.8) is 0 Å². The Bertz CT molecular complexity index is 795. The molecule has 0 bridgehead atoms. The van der Waals surface area contributed by atoms with E-state index < -0.39 is 36.0 Å². The van der Waals surface area contributed by atoms with Gasteiger partial charge in [-0.2, -0.15) is 13.2 Å². The summed E-state index contributed by atoms with van der Waals surface area (Å²) in [6, 6.07) is 3.61. The number of anilines is 2. The Morgan fingerprint density at radius 3 is 2.14 bits per heavy atom. The fourth-order valence-corrected chi connectivity index (χ4v) is 1.67. The smallest absolute Gasteiger partial charge is 0.480 e. The third kappa shape index (κ3) is 10.8. The van der Waals surface area contributed by atoms with Gasteiger partial charge in [0.25, 0.3) is 0 Å². The van der Waals surface area contributed by atoms with Gasteiger partial charge in [-0.15, -0.1) is 0 Å². The summed E-state index contributed by atoms with van der Waals surface area (Å²) in [5.74, 6) is -5.26. The maximum atomic E-state index is 11.7. The molecule has 160 valence electrons. The van der Waals surface area contributed by atoms with E-state index in [9.17, 15) is 27.6 Å². The van der Waals surface area contributed by atoms with Gasteiger partial charge in [-0.1, -0.05) is 0 Å². The molecule has 0 spiro atoms. The number of nitrogens with one attached hydrogen (secondary N) is 1. The van der Waals surface area contributed by atoms with E-state index in [0.29, 0.717) is 16.9 Å². The van der Waals surface area contributed by atoms with Gasteiger partial charge in [-0.05, 0) is 36.3 Å². The second-order valence-corrected chi connectivity index (χ2v) is 5.43. The minimum atomic E-state index is -5.08. The van der Waals surface area contributed by atoms with Crippen LogP contribution in [0.4, 0.5) is 24.5 Å². The summed E-state index contributed by atoms with van der Waals surface area (Å²) in [7, 11) is 0. The summed E-state index contributed by atoms with van der Waals surface area (Å²) in [6.45, 7) is 0. The number of hydrogen-bond donors (Lipinski definition) is 6. The van der Waals surface area contributed by atoms with Gasteiger partial charge in [0.1, 0.15) is 6.04 Å². The number of benzene rings is 1. The molecule has 0 aliphatic rings. The lowest BCUT2D eigenvalue weighted by atomic mass is 10.1. The first-order valence-corrected chi connectivity index (χ1v) is 7.68. The van der Waals surface area contributed by atoms with Gasteiger partial charge in [-0.3, -0.25) is 9.59 Å². The molecule has 1 rings (SSSR count). The highest BCUT2D eigenvalue weighted by Crippen LogP contribution is 2.17.